The van der Waals surface area contributed by atoms with Crippen molar-refractivity contribution in [3.63, 3.8) is 0 Å². The van der Waals surface area contributed by atoms with Crippen LogP contribution in [0.1, 0.15) is 11.3 Å². The van der Waals surface area contributed by atoms with Crippen molar-refractivity contribution in [3.8, 4) is 0 Å². The molecule has 86 valence electrons. The highest BCUT2D eigenvalue weighted by molar-refractivity contribution is 5.43. The summed E-state index contributed by atoms with van der Waals surface area (Å²) in [4.78, 5) is 6.64. The van der Waals surface area contributed by atoms with E-state index in [4.69, 9.17) is 5.73 Å². The summed E-state index contributed by atoms with van der Waals surface area (Å²) < 4.78 is 0. The second-order valence-electron chi connectivity index (χ2n) is 3.60. The first-order chi connectivity index (χ1) is 7.72. The van der Waals surface area contributed by atoms with Crippen LogP contribution in [-0.4, -0.2) is 18.1 Å². The number of aryl methyl sites for hydroxylation is 1. The highest BCUT2D eigenvalue weighted by Crippen LogP contribution is 2.14. The number of pyridine rings is 1. The summed E-state index contributed by atoms with van der Waals surface area (Å²) in [7, 11) is 0. The van der Waals surface area contributed by atoms with Crippen molar-refractivity contribution in [2.24, 2.45) is 5.73 Å². The Labute approximate surface area is 97.3 Å². The van der Waals surface area contributed by atoms with Crippen LogP contribution in [0.5, 0.6) is 0 Å². The predicted molar refractivity (Wildman–Crippen MR) is 69.5 cm³/mol. The smallest absolute Gasteiger partial charge is 0.129 e. The van der Waals surface area contributed by atoms with Gasteiger partial charge in [0.25, 0.3) is 0 Å². The lowest BCUT2D eigenvalue weighted by Crippen LogP contribution is -2.24. The molecule has 1 heterocycles. The van der Waals surface area contributed by atoms with Crippen LogP contribution in [-0.2, 0) is 6.54 Å². The molecule has 0 unspecified atom stereocenters. The van der Waals surface area contributed by atoms with Gasteiger partial charge in [-0.2, -0.15) is 0 Å². The van der Waals surface area contributed by atoms with Crippen molar-refractivity contribution in [1.29, 1.82) is 0 Å². The van der Waals surface area contributed by atoms with Gasteiger partial charge in [-0.05, 0) is 18.6 Å². The Morgan fingerprint density at radius 3 is 2.38 bits per heavy atom. The Balaban J connectivity index is 2.95. The van der Waals surface area contributed by atoms with Crippen LogP contribution in [0.2, 0.25) is 0 Å². The molecule has 3 heteroatoms. The van der Waals surface area contributed by atoms with Crippen LogP contribution in [0, 0.1) is 6.92 Å². The van der Waals surface area contributed by atoms with Crippen molar-refractivity contribution in [2.75, 3.05) is 18.0 Å². The van der Waals surface area contributed by atoms with E-state index in [-0.39, 0.29) is 0 Å². The van der Waals surface area contributed by atoms with Gasteiger partial charge in [-0.1, -0.05) is 18.2 Å². The third kappa shape index (κ3) is 2.94. The molecular formula is C13H19N3. The minimum atomic E-state index is 0.530. The van der Waals surface area contributed by atoms with Crippen LogP contribution in [0.3, 0.4) is 0 Å². The average Bonchev–Trinajstić information content (AvgIpc) is 2.28. The van der Waals surface area contributed by atoms with Gasteiger partial charge in [-0.25, -0.2) is 4.98 Å². The number of nitrogens with two attached hydrogens (primary N) is 1. The molecule has 0 spiro atoms. The number of hydrogen-bond acceptors (Lipinski definition) is 3. The van der Waals surface area contributed by atoms with E-state index in [2.05, 4.69) is 23.0 Å². The summed E-state index contributed by atoms with van der Waals surface area (Å²) in [5, 5.41) is 0. The fourth-order valence-electron chi connectivity index (χ4n) is 1.54. The van der Waals surface area contributed by atoms with Crippen LogP contribution >= 0.6 is 0 Å². The highest BCUT2D eigenvalue weighted by Gasteiger charge is 2.06. The average molecular weight is 217 g/mol. The first kappa shape index (κ1) is 12.5. The van der Waals surface area contributed by atoms with E-state index >= 15 is 0 Å². The van der Waals surface area contributed by atoms with E-state index < -0.39 is 0 Å². The molecule has 1 aromatic heterocycles. The van der Waals surface area contributed by atoms with Gasteiger partial charge in [0.1, 0.15) is 5.82 Å². The van der Waals surface area contributed by atoms with Gasteiger partial charge in [-0.15, -0.1) is 13.2 Å². The second kappa shape index (κ2) is 6.08. The molecule has 0 radical (unpaired) electrons. The quantitative estimate of drug-likeness (QED) is 0.741. The number of anilines is 1. The molecule has 0 aliphatic carbocycles. The lowest BCUT2D eigenvalue weighted by Gasteiger charge is -2.21. The molecule has 3 nitrogen and oxygen atoms in total. The van der Waals surface area contributed by atoms with Gasteiger partial charge in [0.15, 0.2) is 0 Å². The van der Waals surface area contributed by atoms with Gasteiger partial charge >= 0.3 is 0 Å². The van der Waals surface area contributed by atoms with Crippen LogP contribution in [0.15, 0.2) is 37.4 Å². The number of hydrogen-bond donors (Lipinski definition) is 1. The van der Waals surface area contributed by atoms with E-state index in [9.17, 15) is 0 Å². The molecule has 1 aromatic rings. The zero-order chi connectivity index (χ0) is 12.0. The Bertz CT molecular complexity index is 361. The van der Waals surface area contributed by atoms with E-state index in [0.29, 0.717) is 6.54 Å². The fourth-order valence-corrected chi connectivity index (χ4v) is 1.54. The molecule has 2 N–H and O–H groups in total. The van der Waals surface area contributed by atoms with Crippen LogP contribution in [0.25, 0.3) is 0 Å². The topological polar surface area (TPSA) is 42.1 Å². The second-order valence-corrected chi connectivity index (χ2v) is 3.60. The van der Waals surface area contributed by atoms with Crippen molar-refractivity contribution in [1.82, 2.24) is 4.98 Å². The maximum absolute atomic E-state index is 5.61. The van der Waals surface area contributed by atoms with E-state index in [1.165, 1.54) is 0 Å². The number of rotatable bonds is 6. The Hall–Kier alpha value is -1.61. The Morgan fingerprint density at radius 2 is 1.94 bits per heavy atom. The minimum Gasteiger partial charge on any atom is -0.349 e. The van der Waals surface area contributed by atoms with Gasteiger partial charge in [-0.3, -0.25) is 0 Å². The predicted octanol–water partition coefficient (Wildman–Crippen LogP) is 2.03. The summed E-state index contributed by atoms with van der Waals surface area (Å²) in [5.41, 5.74) is 7.68. The van der Waals surface area contributed by atoms with Crippen molar-refractivity contribution in [2.45, 2.75) is 13.5 Å². The Morgan fingerprint density at radius 1 is 1.31 bits per heavy atom. The highest BCUT2D eigenvalue weighted by atomic mass is 15.2. The molecule has 0 saturated heterocycles. The lowest BCUT2D eigenvalue weighted by molar-refractivity contribution is 0.906. The lowest BCUT2D eigenvalue weighted by atomic mass is 10.2. The molecule has 16 heavy (non-hydrogen) atoms. The molecule has 0 bridgehead atoms. The number of aromatic nitrogens is 1. The molecule has 0 aromatic carbocycles. The molecule has 0 amide bonds. The van der Waals surface area contributed by atoms with Gasteiger partial charge in [0, 0.05) is 25.3 Å². The van der Waals surface area contributed by atoms with Gasteiger partial charge < -0.3 is 10.6 Å². The number of nitrogens with zero attached hydrogens (tertiary/aromatic N) is 2. The SMILES string of the molecule is C=CCN(CC=C)c1ccc(CN)c(C)n1. The normalized spacial score (nSPS) is 9.88. The summed E-state index contributed by atoms with van der Waals surface area (Å²) in [6.45, 7) is 11.5. The summed E-state index contributed by atoms with van der Waals surface area (Å²) in [6.07, 6.45) is 3.72. The third-order valence-electron chi connectivity index (χ3n) is 2.42. The largest absolute Gasteiger partial charge is 0.349 e. The van der Waals surface area contributed by atoms with Crippen molar-refractivity contribution in [3.05, 3.63) is 48.7 Å². The molecule has 0 atom stereocenters. The first-order valence-corrected chi connectivity index (χ1v) is 5.36. The molecule has 1 rings (SSSR count). The third-order valence-corrected chi connectivity index (χ3v) is 2.42. The summed E-state index contributed by atoms with van der Waals surface area (Å²) in [6, 6.07) is 4.01. The summed E-state index contributed by atoms with van der Waals surface area (Å²) in [5.74, 6) is 0.939. The van der Waals surface area contributed by atoms with E-state index in [0.717, 1.165) is 30.2 Å². The molecular weight excluding hydrogens is 198 g/mol. The van der Waals surface area contributed by atoms with E-state index in [1.807, 2.05) is 31.2 Å². The summed E-state index contributed by atoms with van der Waals surface area (Å²) >= 11 is 0. The first-order valence-electron chi connectivity index (χ1n) is 5.36. The minimum absolute atomic E-state index is 0.530. The van der Waals surface area contributed by atoms with Gasteiger partial charge in [0.2, 0.25) is 0 Å². The zero-order valence-corrected chi connectivity index (χ0v) is 9.82. The van der Waals surface area contributed by atoms with Crippen LogP contribution in [0.4, 0.5) is 5.82 Å². The molecule has 0 aliphatic heterocycles. The van der Waals surface area contributed by atoms with Crippen molar-refractivity contribution < 1.29 is 0 Å². The molecule has 0 aliphatic rings. The fraction of sp³-hybridized carbons (Fsp3) is 0.308. The zero-order valence-electron chi connectivity index (χ0n) is 9.82. The maximum Gasteiger partial charge on any atom is 0.129 e. The van der Waals surface area contributed by atoms with Gasteiger partial charge in [0.05, 0.1) is 0 Å². The van der Waals surface area contributed by atoms with Crippen LogP contribution < -0.4 is 10.6 Å². The van der Waals surface area contributed by atoms with E-state index in [1.54, 1.807) is 0 Å². The monoisotopic (exact) mass is 217 g/mol. The van der Waals surface area contributed by atoms with Crippen molar-refractivity contribution >= 4 is 5.82 Å². The maximum atomic E-state index is 5.61. The molecule has 0 fully saturated rings. The standard InChI is InChI=1S/C13H19N3/c1-4-8-16(9-5-2)13-7-6-12(10-14)11(3)15-13/h4-7H,1-2,8-10,14H2,3H3. The molecule has 0 saturated carbocycles. The Kier molecular flexibility index (Phi) is 4.73.